The van der Waals surface area contributed by atoms with E-state index in [9.17, 15) is 9.59 Å². The van der Waals surface area contributed by atoms with Crippen molar-refractivity contribution in [3.63, 3.8) is 0 Å². The van der Waals surface area contributed by atoms with E-state index in [4.69, 9.17) is 21.4 Å². The SMILES string of the molecule is CO[C@@H]1C(=O)N2C(C(=O)O)C(CCl)=CSC12. The van der Waals surface area contributed by atoms with Crippen LogP contribution in [-0.2, 0) is 14.3 Å². The molecule has 1 saturated heterocycles. The standard InChI is InChI=1S/C9H10ClNO4S/c1-15-6-7(12)11-5(9(13)14)4(2-10)3-16-8(6)11/h3,5-6,8H,2H2,1H3,(H,13,14)/t5?,6-,8?/m1/s1. The maximum Gasteiger partial charge on any atom is 0.330 e. The smallest absolute Gasteiger partial charge is 0.330 e. The summed E-state index contributed by atoms with van der Waals surface area (Å²) >= 11 is 7.03. The van der Waals surface area contributed by atoms with Crippen LogP contribution in [0.3, 0.4) is 0 Å². The normalized spacial score (nSPS) is 32.9. The van der Waals surface area contributed by atoms with Gasteiger partial charge in [-0.3, -0.25) is 4.79 Å². The molecule has 7 heteroatoms. The van der Waals surface area contributed by atoms with E-state index in [1.165, 1.54) is 23.8 Å². The monoisotopic (exact) mass is 263 g/mol. The third-order valence-electron chi connectivity index (χ3n) is 2.66. The van der Waals surface area contributed by atoms with Crippen molar-refractivity contribution in [2.45, 2.75) is 17.5 Å². The highest BCUT2D eigenvalue weighted by Crippen LogP contribution is 2.41. The van der Waals surface area contributed by atoms with Gasteiger partial charge in [-0.1, -0.05) is 0 Å². The van der Waals surface area contributed by atoms with Crippen LogP contribution in [0.5, 0.6) is 0 Å². The maximum atomic E-state index is 11.7. The van der Waals surface area contributed by atoms with E-state index >= 15 is 0 Å². The molecule has 2 aliphatic rings. The summed E-state index contributed by atoms with van der Waals surface area (Å²) in [4.78, 5) is 24.1. The van der Waals surface area contributed by atoms with Crippen molar-refractivity contribution >= 4 is 35.2 Å². The molecule has 3 atom stereocenters. The molecule has 0 aliphatic carbocycles. The van der Waals surface area contributed by atoms with Crippen molar-refractivity contribution in [3.8, 4) is 0 Å². The summed E-state index contributed by atoms with van der Waals surface area (Å²) in [7, 11) is 1.44. The van der Waals surface area contributed by atoms with E-state index in [1.54, 1.807) is 5.41 Å². The van der Waals surface area contributed by atoms with Crippen molar-refractivity contribution in [1.82, 2.24) is 4.90 Å². The number of carboxylic acids is 1. The quantitative estimate of drug-likeness (QED) is 0.593. The lowest BCUT2D eigenvalue weighted by atomic mass is 10.0. The molecule has 5 nitrogen and oxygen atoms in total. The molecule has 2 aliphatic heterocycles. The fraction of sp³-hybridized carbons (Fsp3) is 0.556. The van der Waals surface area contributed by atoms with Crippen LogP contribution in [-0.4, -0.2) is 52.4 Å². The first-order chi connectivity index (χ1) is 7.61. The van der Waals surface area contributed by atoms with E-state index in [2.05, 4.69) is 0 Å². The van der Waals surface area contributed by atoms with E-state index < -0.39 is 18.1 Å². The lowest BCUT2D eigenvalue weighted by Crippen LogP contribution is -2.69. The largest absolute Gasteiger partial charge is 0.479 e. The van der Waals surface area contributed by atoms with E-state index in [1.807, 2.05) is 0 Å². The highest BCUT2D eigenvalue weighted by molar-refractivity contribution is 8.02. The van der Waals surface area contributed by atoms with Gasteiger partial charge in [-0.25, -0.2) is 4.79 Å². The van der Waals surface area contributed by atoms with Crippen LogP contribution in [0, 0.1) is 0 Å². The molecule has 0 radical (unpaired) electrons. The average Bonchev–Trinajstić information content (AvgIpc) is 2.27. The number of thioether (sulfide) groups is 1. The van der Waals surface area contributed by atoms with Gasteiger partial charge in [0.25, 0.3) is 5.91 Å². The van der Waals surface area contributed by atoms with Crippen LogP contribution >= 0.6 is 23.4 Å². The number of carboxylic acid groups (broad SMARTS) is 1. The van der Waals surface area contributed by atoms with Crippen molar-refractivity contribution in [2.75, 3.05) is 13.0 Å². The van der Waals surface area contributed by atoms with Crippen LogP contribution in [0.15, 0.2) is 11.0 Å². The van der Waals surface area contributed by atoms with Gasteiger partial charge >= 0.3 is 5.97 Å². The van der Waals surface area contributed by atoms with Crippen LogP contribution in [0.2, 0.25) is 0 Å². The topological polar surface area (TPSA) is 66.8 Å². The molecule has 0 aromatic heterocycles. The van der Waals surface area contributed by atoms with Gasteiger partial charge in [0, 0.05) is 13.0 Å². The minimum absolute atomic E-state index is 0.109. The maximum absolute atomic E-state index is 11.7. The number of β-lactam (4-membered cyclic amide) rings is 1. The number of aliphatic carboxylic acids is 1. The predicted molar refractivity (Wildman–Crippen MR) is 59.2 cm³/mol. The minimum atomic E-state index is -1.06. The van der Waals surface area contributed by atoms with Crippen LogP contribution < -0.4 is 0 Å². The second-order valence-corrected chi connectivity index (χ2v) is 4.75. The Morgan fingerprint density at radius 2 is 2.44 bits per heavy atom. The molecule has 2 unspecified atom stereocenters. The van der Waals surface area contributed by atoms with Gasteiger partial charge in [-0.05, 0) is 11.0 Å². The zero-order valence-electron chi connectivity index (χ0n) is 8.42. The highest BCUT2D eigenvalue weighted by Gasteiger charge is 2.55. The molecule has 0 saturated carbocycles. The lowest BCUT2D eigenvalue weighted by molar-refractivity contribution is -0.171. The Balaban J connectivity index is 2.28. The van der Waals surface area contributed by atoms with Crippen molar-refractivity contribution in [3.05, 3.63) is 11.0 Å². The van der Waals surface area contributed by atoms with E-state index in [0.717, 1.165) is 0 Å². The number of halogens is 1. The summed E-state index contributed by atoms with van der Waals surface area (Å²) in [5.74, 6) is -1.23. The Kier molecular flexibility index (Phi) is 3.14. The first-order valence-corrected chi connectivity index (χ1v) is 6.07. The van der Waals surface area contributed by atoms with Crippen LogP contribution in [0.4, 0.5) is 0 Å². The molecule has 2 heterocycles. The van der Waals surface area contributed by atoms with Gasteiger partial charge in [0.15, 0.2) is 12.1 Å². The number of alkyl halides is 1. The third-order valence-corrected chi connectivity index (χ3v) is 4.16. The number of hydrogen-bond donors (Lipinski definition) is 1. The van der Waals surface area contributed by atoms with Crippen LogP contribution in [0.25, 0.3) is 0 Å². The Morgan fingerprint density at radius 1 is 1.75 bits per heavy atom. The van der Waals surface area contributed by atoms with E-state index in [0.29, 0.717) is 5.57 Å². The number of carbonyl (C=O) groups is 2. The molecule has 0 spiro atoms. The van der Waals surface area contributed by atoms with Gasteiger partial charge in [-0.15, -0.1) is 23.4 Å². The van der Waals surface area contributed by atoms with Crippen molar-refractivity contribution in [1.29, 1.82) is 0 Å². The van der Waals surface area contributed by atoms with Gasteiger partial charge in [0.1, 0.15) is 5.37 Å². The number of hydrogen-bond acceptors (Lipinski definition) is 4. The van der Waals surface area contributed by atoms with E-state index in [-0.39, 0.29) is 17.2 Å². The number of amides is 1. The molecular formula is C9H10ClNO4S. The first kappa shape index (κ1) is 11.8. The van der Waals surface area contributed by atoms with Gasteiger partial charge < -0.3 is 14.7 Å². The number of ether oxygens (including phenoxy) is 1. The molecule has 2 rings (SSSR count). The number of rotatable bonds is 3. The molecule has 1 fully saturated rings. The van der Waals surface area contributed by atoms with Gasteiger partial charge in [0.05, 0.1) is 0 Å². The van der Waals surface area contributed by atoms with Gasteiger partial charge in [0.2, 0.25) is 0 Å². The van der Waals surface area contributed by atoms with Crippen molar-refractivity contribution < 1.29 is 19.4 Å². The number of carbonyl (C=O) groups excluding carboxylic acids is 1. The fourth-order valence-corrected chi connectivity index (χ4v) is 3.44. The second kappa shape index (κ2) is 4.27. The molecule has 88 valence electrons. The Labute approximate surface area is 101 Å². The summed E-state index contributed by atoms with van der Waals surface area (Å²) in [5.41, 5.74) is 0.540. The molecule has 1 amide bonds. The molecular weight excluding hydrogens is 254 g/mol. The Morgan fingerprint density at radius 3 is 2.94 bits per heavy atom. The zero-order chi connectivity index (χ0) is 11.9. The Hall–Kier alpha value is -0.720. The highest BCUT2D eigenvalue weighted by atomic mass is 35.5. The summed E-state index contributed by atoms with van der Waals surface area (Å²) in [5, 5.41) is 10.6. The molecule has 0 bridgehead atoms. The summed E-state index contributed by atoms with van der Waals surface area (Å²) in [6, 6.07) is -0.942. The summed E-state index contributed by atoms with van der Waals surface area (Å²) in [6.07, 6.45) is -0.542. The molecule has 0 aromatic carbocycles. The molecule has 16 heavy (non-hydrogen) atoms. The lowest BCUT2D eigenvalue weighted by Gasteiger charge is -2.50. The van der Waals surface area contributed by atoms with Gasteiger partial charge in [-0.2, -0.15) is 0 Å². The first-order valence-electron chi connectivity index (χ1n) is 4.60. The summed E-state index contributed by atoms with van der Waals surface area (Å²) < 4.78 is 5.00. The predicted octanol–water partition coefficient (Wildman–Crippen LogP) is 0.492. The number of fused-ring (bicyclic) bond motifs is 1. The fourth-order valence-electron chi connectivity index (χ4n) is 1.87. The zero-order valence-corrected chi connectivity index (χ0v) is 9.99. The number of methoxy groups -OCH3 is 1. The van der Waals surface area contributed by atoms with Crippen LogP contribution in [0.1, 0.15) is 0 Å². The second-order valence-electron chi connectivity index (χ2n) is 3.50. The number of nitrogens with zero attached hydrogens (tertiary/aromatic N) is 1. The Bertz CT molecular complexity index is 373. The minimum Gasteiger partial charge on any atom is -0.479 e. The average molecular weight is 264 g/mol. The molecule has 1 N–H and O–H groups in total. The third kappa shape index (κ3) is 1.52. The summed E-state index contributed by atoms with van der Waals surface area (Å²) in [6.45, 7) is 0. The van der Waals surface area contributed by atoms with Crippen molar-refractivity contribution in [2.24, 2.45) is 0 Å². The molecule has 0 aromatic rings.